The molecule has 0 bridgehead atoms. The molecule has 0 radical (unpaired) electrons. The molecule has 1 heterocycles. The van der Waals surface area contributed by atoms with E-state index in [-0.39, 0.29) is 5.54 Å². The summed E-state index contributed by atoms with van der Waals surface area (Å²) < 4.78 is 0. The minimum atomic E-state index is -0.108. The molecule has 0 aromatic heterocycles. The molecule has 2 heteroatoms. The van der Waals surface area contributed by atoms with Gasteiger partial charge in [-0.2, -0.15) is 11.8 Å². The predicted molar refractivity (Wildman–Crippen MR) is 77.7 cm³/mol. The van der Waals surface area contributed by atoms with Crippen LogP contribution >= 0.6 is 11.8 Å². The quantitative estimate of drug-likeness (QED) is 0.886. The van der Waals surface area contributed by atoms with Gasteiger partial charge in [-0.1, -0.05) is 24.3 Å². The molecule has 1 aliphatic heterocycles. The Bertz CT molecular complexity index is 344. The van der Waals surface area contributed by atoms with Crippen LogP contribution in [0, 0.1) is 0 Å². The Labute approximate surface area is 109 Å². The van der Waals surface area contributed by atoms with Crippen molar-refractivity contribution in [2.45, 2.75) is 44.6 Å². The first kappa shape index (κ1) is 13.0. The van der Waals surface area contributed by atoms with Crippen LogP contribution in [-0.4, -0.2) is 17.0 Å². The molecule has 1 nitrogen and oxygen atoms in total. The number of hydrogen-bond donors (Lipinski definition) is 1. The summed E-state index contributed by atoms with van der Waals surface area (Å²) in [7, 11) is 0. The summed E-state index contributed by atoms with van der Waals surface area (Å²) >= 11 is 2.09. The molecule has 2 rings (SSSR count). The summed E-state index contributed by atoms with van der Waals surface area (Å²) in [5.74, 6) is 3.43. The third-order valence-electron chi connectivity index (χ3n) is 3.33. The van der Waals surface area contributed by atoms with Gasteiger partial charge in [0.25, 0.3) is 0 Å². The van der Waals surface area contributed by atoms with Crippen molar-refractivity contribution in [2.75, 3.05) is 11.5 Å². The first-order valence-corrected chi connectivity index (χ1v) is 7.65. The van der Waals surface area contributed by atoms with E-state index in [0.29, 0.717) is 0 Å². The second-order valence-electron chi connectivity index (χ2n) is 5.79. The number of rotatable bonds is 3. The lowest BCUT2D eigenvalue weighted by atomic mass is 9.90. The Kier molecular flexibility index (Phi) is 4.16. The lowest BCUT2D eigenvalue weighted by Gasteiger charge is -2.23. The highest BCUT2D eigenvalue weighted by molar-refractivity contribution is 7.99. The summed E-state index contributed by atoms with van der Waals surface area (Å²) in [6.45, 7) is 4.17. The van der Waals surface area contributed by atoms with Crippen molar-refractivity contribution in [1.82, 2.24) is 0 Å². The van der Waals surface area contributed by atoms with Crippen molar-refractivity contribution in [3.8, 4) is 0 Å². The van der Waals surface area contributed by atoms with E-state index in [4.69, 9.17) is 5.73 Å². The first-order chi connectivity index (χ1) is 8.04. The molecule has 0 aliphatic carbocycles. The number of thioether (sulfide) groups is 1. The molecule has 0 amide bonds. The fourth-order valence-corrected chi connectivity index (χ4v) is 3.57. The molecule has 1 fully saturated rings. The zero-order chi connectivity index (χ0) is 12.3. The van der Waals surface area contributed by atoms with Gasteiger partial charge >= 0.3 is 0 Å². The van der Waals surface area contributed by atoms with Crippen molar-refractivity contribution in [2.24, 2.45) is 5.73 Å². The molecule has 1 aromatic rings. The SMILES string of the molecule is CC(C)(N)Cc1ccc(C2CCSCC2)cc1. The van der Waals surface area contributed by atoms with Gasteiger partial charge in [0.15, 0.2) is 0 Å². The molecule has 1 aromatic carbocycles. The van der Waals surface area contributed by atoms with E-state index in [1.165, 1.54) is 35.5 Å². The maximum Gasteiger partial charge on any atom is 0.0138 e. The lowest BCUT2D eigenvalue weighted by molar-refractivity contribution is 0.516. The standard InChI is InChI=1S/C15H23NS/c1-15(2,16)11-12-3-5-13(6-4-12)14-7-9-17-10-8-14/h3-6,14H,7-11,16H2,1-2H3. The maximum atomic E-state index is 6.05. The van der Waals surface area contributed by atoms with Gasteiger partial charge in [0.2, 0.25) is 0 Å². The fourth-order valence-electron chi connectivity index (χ4n) is 2.46. The smallest absolute Gasteiger partial charge is 0.0138 e. The summed E-state index contributed by atoms with van der Waals surface area (Å²) in [4.78, 5) is 0. The fraction of sp³-hybridized carbons (Fsp3) is 0.600. The Morgan fingerprint density at radius 3 is 2.29 bits per heavy atom. The number of hydrogen-bond acceptors (Lipinski definition) is 2. The van der Waals surface area contributed by atoms with Crippen molar-refractivity contribution in [3.05, 3.63) is 35.4 Å². The number of nitrogens with two attached hydrogens (primary N) is 1. The van der Waals surface area contributed by atoms with Crippen LogP contribution in [0.2, 0.25) is 0 Å². The molecule has 17 heavy (non-hydrogen) atoms. The molecule has 1 aliphatic rings. The maximum absolute atomic E-state index is 6.05. The van der Waals surface area contributed by atoms with E-state index in [1.54, 1.807) is 0 Å². The van der Waals surface area contributed by atoms with Crippen molar-refractivity contribution >= 4 is 11.8 Å². The van der Waals surface area contributed by atoms with Gasteiger partial charge in [-0.15, -0.1) is 0 Å². The van der Waals surface area contributed by atoms with E-state index < -0.39 is 0 Å². The monoisotopic (exact) mass is 249 g/mol. The highest BCUT2D eigenvalue weighted by atomic mass is 32.2. The number of benzene rings is 1. The van der Waals surface area contributed by atoms with Crippen LogP contribution in [0.15, 0.2) is 24.3 Å². The van der Waals surface area contributed by atoms with Crippen LogP contribution < -0.4 is 5.73 Å². The van der Waals surface area contributed by atoms with Crippen LogP contribution in [0.5, 0.6) is 0 Å². The van der Waals surface area contributed by atoms with Crippen LogP contribution in [0.1, 0.15) is 43.7 Å². The molecule has 0 saturated carbocycles. The van der Waals surface area contributed by atoms with Crippen molar-refractivity contribution in [3.63, 3.8) is 0 Å². The topological polar surface area (TPSA) is 26.0 Å². The van der Waals surface area contributed by atoms with Gasteiger partial charge in [0.05, 0.1) is 0 Å². The van der Waals surface area contributed by atoms with Crippen LogP contribution in [0.25, 0.3) is 0 Å². The van der Waals surface area contributed by atoms with Crippen LogP contribution in [0.3, 0.4) is 0 Å². The van der Waals surface area contributed by atoms with Crippen molar-refractivity contribution in [1.29, 1.82) is 0 Å². The second-order valence-corrected chi connectivity index (χ2v) is 7.02. The van der Waals surface area contributed by atoms with E-state index in [1.807, 2.05) is 0 Å². The summed E-state index contributed by atoms with van der Waals surface area (Å²) in [6, 6.07) is 9.13. The lowest BCUT2D eigenvalue weighted by Crippen LogP contribution is -2.34. The van der Waals surface area contributed by atoms with E-state index in [0.717, 1.165) is 12.3 Å². The van der Waals surface area contributed by atoms with E-state index >= 15 is 0 Å². The Morgan fingerprint density at radius 1 is 1.18 bits per heavy atom. The molecule has 1 saturated heterocycles. The third-order valence-corrected chi connectivity index (χ3v) is 4.38. The Balaban J connectivity index is 2.02. The van der Waals surface area contributed by atoms with E-state index in [2.05, 4.69) is 49.9 Å². The highest BCUT2D eigenvalue weighted by Gasteiger charge is 2.16. The molecule has 0 unspecified atom stereocenters. The zero-order valence-electron chi connectivity index (χ0n) is 10.9. The minimum Gasteiger partial charge on any atom is -0.325 e. The molecular formula is C15H23NS. The molecular weight excluding hydrogens is 226 g/mol. The van der Waals surface area contributed by atoms with Gasteiger partial charge in [-0.05, 0) is 61.7 Å². The van der Waals surface area contributed by atoms with Gasteiger partial charge in [-0.25, -0.2) is 0 Å². The summed E-state index contributed by atoms with van der Waals surface area (Å²) in [5, 5.41) is 0. The average molecular weight is 249 g/mol. The molecule has 0 atom stereocenters. The van der Waals surface area contributed by atoms with Gasteiger partial charge in [0, 0.05) is 5.54 Å². The largest absolute Gasteiger partial charge is 0.325 e. The van der Waals surface area contributed by atoms with Gasteiger partial charge in [-0.3, -0.25) is 0 Å². The second kappa shape index (κ2) is 5.45. The summed E-state index contributed by atoms with van der Waals surface area (Å²) in [6.07, 6.45) is 3.63. The normalized spacial score (nSPS) is 18.3. The van der Waals surface area contributed by atoms with Gasteiger partial charge < -0.3 is 5.73 Å². The third kappa shape index (κ3) is 4.04. The first-order valence-electron chi connectivity index (χ1n) is 6.50. The summed E-state index contributed by atoms with van der Waals surface area (Å²) in [5.41, 5.74) is 8.81. The predicted octanol–water partition coefficient (Wildman–Crippen LogP) is 3.58. The van der Waals surface area contributed by atoms with Gasteiger partial charge in [0.1, 0.15) is 0 Å². The van der Waals surface area contributed by atoms with Crippen LogP contribution in [-0.2, 0) is 6.42 Å². The Hall–Kier alpha value is -0.470. The average Bonchev–Trinajstić information content (AvgIpc) is 2.29. The highest BCUT2D eigenvalue weighted by Crippen LogP contribution is 2.31. The van der Waals surface area contributed by atoms with E-state index in [9.17, 15) is 0 Å². The van der Waals surface area contributed by atoms with Crippen molar-refractivity contribution < 1.29 is 0 Å². The molecule has 0 spiro atoms. The van der Waals surface area contributed by atoms with Crippen LogP contribution in [0.4, 0.5) is 0 Å². The zero-order valence-corrected chi connectivity index (χ0v) is 11.7. The minimum absolute atomic E-state index is 0.108. The Morgan fingerprint density at radius 2 is 1.76 bits per heavy atom. The molecule has 2 N–H and O–H groups in total. The molecule has 94 valence electrons.